The summed E-state index contributed by atoms with van der Waals surface area (Å²) < 4.78 is 16.1. The van der Waals surface area contributed by atoms with Crippen LogP contribution in [0.15, 0.2) is 24.3 Å². The molecular weight excluding hydrogens is 418 g/mol. The molecule has 0 aromatic heterocycles. The number of imide groups is 1. The average molecular weight is 454 g/mol. The Balaban J connectivity index is 2.92. The molecule has 1 atom stereocenters. The first kappa shape index (κ1) is 26.8. The van der Waals surface area contributed by atoms with E-state index in [1.54, 1.807) is 6.92 Å². The van der Waals surface area contributed by atoms with Gasteiger partial charge < -0.3 is 13.9 Å². The van der Waals surface area contributed by atoms with Gasteiger partial charge in [0.1, 0.15) is 25.4 Å². The van der Waals surface area contributed by atoms with E-state index in [1.165, 1.54) is 12.2 Å². The van der Waals surface area contributed by atoms with Gasteiger partial charge in [0.25, 0.3) is 5.91 Å². The Morgan fingerprint density at radius 3 is 2.45 bits per heavy atom. The van der Waals surface area contributed by atoms with Gasteiger partial charge in [0, 0.05) is 12.5 Å². The Hall–Kier alpha value is -2.26. The Labute approximate surface area is 185 Å². The molecule has 1 saturated heterocycles. The molecule has 0 radical (unpaired) electrons. The third kappa shape index (κ3) is 8.41. The fourth-order valence-corrected chi connectivity index (χ4v) is 3.98. The van der Waals surface area contributed by atoms with Gasteiger partial charge in [0.2, 0.25) is 0 Å². The molecule has 0 aromatic rings. The Morgan fingerprint density at radius 2 is 1.94 bits per heavy atom. The maximum absolute atomic E-state index is 12.5. The molecule has 9 heteroatoms. The zero-order valence-electron chi connectivity index (χ0n) is 19.5. The lowest BCUT2D eigenvalue weighted by Crippen LogP contribution is -2.44. The number of carbonyl (C=O) groups is 4. The number of amides is 2. The minimum absolute atomic E-state index is 0.0616. The Morgan fingerprint density at radius 1 is 1.29 bits per heavy atom. The minimum Gasteiger partial charge on any atom is -0.461 e. The van der Waals surface area contributed by atoms with Gasteiger partial charge >= 0.3 is 12.1 Å². The van der Waals surface area contributed by atoms with Gasteiger partial charge in [-0.3, -0.25) is 14.4 Å². The van der Waals surface area contributed by atoms with Crippen LogP contribution in [0.5, 0.6) is 0 Å². The van der Waals surface area contributed by atoms with Crippen LogP contribution in [-0.4, -0.2) is 62.8 Å². The van der Waals surface area contributed by atoms with Crippen LogP contribution in [0.25, 0.3) is 0 Å². The molecule has 1 aliphatic heterocycles. The number of rotatable bonds is 11. The van der Waals surface area contributed by atoms with Crippen LogP contribution in [0.2, 0.25) is 18.1 Å². The second-order valence-corrected chi connectivity index (χ2v) is 13.8. The first-order valence-electron chi connectivity index (χ1n) is 10.4. The van der Waals surface area contributed by atoms with Crippen molar-refractivity contribution in [2.24, 2.45) is 0 Å². The zero-order valence-corrected chi connectivity index (χ0v) is 20.5. The van der Waals surface area contributed by atoms with Crippen molar-refractivity contribution in [3.8, 4) is 0 Å². The lowest BCUT2D eigenvalue weighted by Gasteiger charge is -2.39. The lowest BCUT2D eigenvalue weighted by atomic mass is 10.0. The molecular formula is C22H35NO7Si. The predicted octanol–water partition coefficient (Wildman–Crippen LogP) is 3.77. The van der Waals surface area contributed by atoms with Gasteiger partial charge in [-0.1, -0.05) is 33.4 Å². The predicted molar refractivity (Wildman–Crippen MR) is 119 cm³/mol. The summed E-state index contributed by atoms with van der Waals surface area (Å²) in [6, 6.07) is 0. The van der Waals surface area contributed by atoms with Gasteiger partial charge in [0.05, 0.1) is 12.6 Å². The first-order chi connectivity index (χ1) is 14.3. The summed E-state index contributed by atoms with van der Waals surface area (Å²) >= 11 is 0. The van der Waals surface area contributed by atoms with Crippen LogP contribution in [-0.2, 0) is 28.3 Å². The molecule has 0 aliphatic carbocycles. The Kier molecular flexibility index (Phi) is 9.83. The van der Waals surface area contributed by atoms with Crippen LogP contribution >= 0.6 is 0 Å². The molecule has 0 aromatic carbocycles. The molecule has 1 rings (SSSR count). The van der Waals surface area contributed by atoms with E-state index in [2.05, 4.69) is 40.4 Å². The molecule has 174 valence electrons. The fraction of sp³-hybridized carbons (Fsp3) is 0.636. The van der Waals surface area contributed by atoms with Crippen molar-refractivity contribution in [1.29, 1.82) is 0 Å². The SMILES string of the molecule is C=CCOC(=O)CC(=O)CCC(O[Si](C)(C)C(C)(C)C)/C(C)=C\C(=O)N1CCOC1=O. The number of ether oxygens (including phenoxy) is 2. The van der Waals surface area contributed by atoms with Crippen LogP contribution in [0.4, 0.5) is 4.79 Å². The maximum atomic E-state index is 12.5. The van der Waals surface area contributed by atoms with Crippen molar-refractivity contribution in [2.45, 2.75) is 71.2 Å². The highest BCUT2D eigenvalue weighted by molar-refractivity contribution is 6.74. The van der Waals surface area contributed by atoms with Gasteiger partial charge in [-0.05, 0) is 37.0 Å². The van der Waals surface area contributed by atoms with E-state index in [1.807, 2.05) is 0 Å². The number of nitrogens with zero attached hydrogens (tertiary/aromatic N) is 1. The zero-order chi connectivity index (χ0) is 23.8. The van der Waals surface area contributed by atoms with Crippen molar-refractivity contribution in [1.82, 2.24) is 4.90 Å². The molecule has 31 heavy (non-hydrogen) atoms. The number of hydrogen-bond acceptors (Lipinski definition) is 7. The monoisotopic (exact) mass is 453 g/mol. The highest BCUT2D eigenvalue weighted by Gasteiger charge is 2.39. The van der Waals surface area contributed by atoms with Crippen molar-refractivity contribution in [3.05, 3.63) is 24.3 Å². The van der Waals surface area contributed by atoms with Crippen molar-refractivity contribution in [3.63, 3.8) is 0 Å². The standard InChI is InChI=1S/C22H35NO7Si/c1-8-12-28-20(26)15-17(24)9-10-18(30-31(6,7)22(3,4)5)16(2)14-19(25)23-11-13-29-21(23)27/h8,14,18H,1,9-13,15H2,2-7H3/b16-14-. The summed E-state index contributed by atoms with van der Waals surface area (Å²) in [6.07, 6.45) is 1.76. The normalized spacial score (nSPS) is 16.0. The number of cyclic esters (lactones) is 1. The van der Waals surface area contributed by atoms with Gasteiger partial charge in [-0.15, -0.1) is 0 Å². The van der Waals surface area contributed by atoms with Crippen LogP contribution in [0.3, 0.4) is 0 Å². The average Bonchev–Trinajstić information content (AvgIpc) is 3.08. The second-order valence-electron chi connectivity index (χ2n) is 9.09. The highest BCUT2D eigenvalue weighted by atomic mass is 28.4. The third-order valence-corrected chi connectivity index (χ3v) is 10.0. The van der Waals surface area contributed by atoms with Gasteiger partial charge in [-0.2, -0.15) is 0 Å². The first-order valence-corrected chi connectivity index (χ1v) is 13.3. The van der Waals surface area contributed by atoms with Crippen molar-refractivity contribution in [2.75, 3.05) is 19.8 Å². The quantitative estimate of drug-likeness (QED) is 0.154. The molecule has 2 amide bonds. The van der Waals surface area contributed by atoms with E-state index in [0.29, 0.717) is 12.0 Å². The second kappa shape index (κ2) is 11.4. The summed E-state index contributed by atoms with van der Waals surface area (Å²) in [4.78, 5) is 49.1. The van der Waals surface area contributed by atoms with E-state index in [0.717, 1.165) is 4.90 Å². The molecule has 1 fully saturated rings. The Bertz CT molecular complexity index is 737. The maximum Gasteiger partial charge on any atom is 0.416 e. The van der Waals surface area contributed by atoms with Gasteiger partial charge in [-0.25, -0.2) is 9.69 Å². The van der Waals surface area contributed by atoms with Crippen molar-refractivity contribution < 1.29 is 33.1 Å². The summed E-state index contributed by atoms with van der Waals surface area (Å²) in [7, 11) is -2.22. The topological polar surface area (TPSA) is 99.2 Å². The van der Waals surface area contributed by atoms with Crippen LogP contribution in [0.1, 0.15) is 47.0 Å². The molecule has 1 aliphatic rings. The molecule has 0 bridgehead atoms. The van der Waals surface area contributed by atoms with E-state index >= 15 is 0 Å². The van der Waals surface area contributed by atoms with Gasteiger partial charge in [0.15, 0.2) is 8.32 Å². The third-order valence-electron chi connectivity index (χ3n) is 5.52. The summed E-state index contributed by atoms with van der Waals surface area (Å²) in [5, 5.41) is -0.0766. The number of hydrogen-bond donors (Lipinski definition) is 0. The highest BCUT2D eigenvalue weighted by Crippen LogP contribution is 2.38. The van der Waals surface area contributed by atoms with Crippen LogP contribution < -0.4 is 0 Å². The number of carbonyl (C=O) groups excluding carboxylic acids is 4. The number of esters is 1. The molecule has 1 heterocycles. The molecule has 0 saturated carbocycles. The largest absolute Gasteiger partial charge is 0.461 e. The van der Waals surface area contributed by atoms with E-state index in [9.17, 15) is 19.2 Å². The fourth-order valence-electron chi connectivity index (χ4n) is 2.62. The van der Waals surface area contributed by atoms with Crippen LogP contribution in [0, 0.1) is 0 Å². The number of ketones is 1. The summed E-state index contributed by atoms with van der Waals surface area (Å²) in [5.74, 6) is -1.33. The molecule has 0 N–H and O–H groups in total. The minimum atomic E-state index is -2.22. The molecule has 8 nitrogen and oxygen atoms in total. The lowest BCUT2D eigenvalue weighted by molar-refractivity contribution is -0.145. The molecule has 0 spiro atoms. The summed E-state index contributed by atoms with van der Waals surface area (Å²) in [5.41, 5.74) is 0.622. The number of Topliss-reactive ketones (excluding diaryl/α,β-unsaturated/α-hetero) is 1. The van der Waals surface area contributed by atoms with Crippen molar-refractivity contribution >= 4 is 32.1 Å². The van der Waals surface area contributed by atoms with E-state index in [-0.39, 0.29) is 43.4 Å². The summed E-state index contributed by atoms with van der Waals surface area (Å²) in [6.45, 7) is 16.1. The smallest absolute Gasteiger partial charge is 0.416 e. The van der Waals surface area contributed by atoms with E-state index < -0.39 is 32.4 Å². The van der Waals surface area contributed by atoms with E-state index in [4.69, 9.17) is 13.9 Å². The molecule has 1 unspecified atom stereocenters.